The maximum absolute atomic E-state index is 5.90. The first-order chi connectivity index (χ1) is 8.78. The van der Waals surface area contributed by atoms with Crippen LogP contribution in [0.4, 0.5) is 11.6 Å². The Kier molecular flexibility index (Phi) is 3.09. The summed E-state index contributed by atoms with van der Waals surface area (Å²) in [5.41, 5.74) is 1.26. The van der Waals surface area contributed by atoms with Crippen molar-refractivity contribution < 1.29 is 0 Å². The highest BCUT2D eigenvalue weighted by molar-refractivity contribution is 7.98. The fourth-order valence-corrected chi connectivity index (χ4v) is 2.61. The Hall–Kier alpha value is -1.33. The number of halogens is 1. The lowest BCUT2D eigenvalue weighted by Gasteiger charge is -2.16. The smallest absolute Gasteiger partial charge is 0.139 e. The zero-order chi connectivity index (χ0) is 12.5. The summed E-state index contributed by atoms with van der Waals surface area (Å²) < 4.78 is 0. The topological polar surface area (TPSA) is 41.9 Å². The molecule has 1 aliphatic heterocycles. The van der Waals surface area contributed by atoms with Gasteiger partial charge in [-0.25, -0.2) is 15.0 Å². The molecule has 0 bridgehead atoms. The van der Waals surface area contributed by atoms with Crippen LogP contribution >= 0.6 is 23.4 Å². The van der Waals surface area contributed by atoms with E-state index in [1.54, 1.807) is 17.8 Å². The van der Waals surface area contributed by atoms with E-state index >= 15 is 0 Å². The second kappa shape index (κ2) is 4.74. The quantitative estimate of drug-likeness (QED) is 0.624. The van der Waals surface area contributed by atoms with Crippen LogP contribution in [0.15, 0.2) is 29.6 Å². The molecule has 0 saturated heterocycles. The molecule has 18 heavy (non-hydrogen) atoms. The first-order valence-electron chi connectivity index (χ1n) is 5.56. The number of nitrogens with zero attached hydrogens (tertiary/aromatic N) is 4. The summed E-state index contributed by atoms with van der Waals surface area (Å²) in [5, 5.41) is 0.453. The van der Waals surface area contributed by atoms with E-state index in [1.807, 2.05) is 6.20 Å². The van der Waals surface area contributed by atoms with Crippen LogP contribution in [0.5, 0.6) is 0 Å². The van der Waals surface area contributed by atoms with Gasteiger partial charge in [0.05, 0.1) is 0 Å². The van der Waals surface area contributed by atoms with Crippen LogP contribution in [0.2, 0.25) is 5.15 Å². The molecule has 0 aliphatic carbocycles. The second-order valence-electron chi connectivity index (χ2n) is 3.96. The molecule has 92 valence electrons. The molecule has 0 N–H and O–H groups in total. The average molecular weight is 279 g/mol. The Morgan fingerprint density at radius 1 is 1.28 bits per heavy atom. The highest BCUT2D eigenvalue weighted by atomic mass is 35.5. The number of rotatable bonds is 2. The van der Waals surface area contributed by atoms with Crippen LogP contribution in [-0.2, 0) is 6.42 Å². The summed E-state index contributed by atoms with van der Waals surface area (Å²) in [4.78, 5) is 15.9. The van der Waals surface area contributed by atoms with Crippen molar-refractivity contribution in [3.8, 4) is 0 Å². The third-order valence-electron chi connectivity index (χ3n) is 2.91. The van der Waals surface area contributed by atoms with Gasteiger partial charge in [0.1, 0.15) is 23.1 Å². The van der Waals surface area contributed by atoms with Crippen molar-refractivity contribution in [3.05, 3.63) is 35.4 Å². The number of aromatic nitrogens is 3. The fraction of sp³-hybridized carbons (Fsp3) is 0.250. The largest absolute Gasteiger partial charge is 0.310 e. The molecule has 0 unspecified atom stereocenters. The number of hydrogen-bond donors (Lipinski definition) is 0. The lowest BCUT2D eigenvalue weighted by atomic mass is 10.2. The predicted molar refractivity (Wildman–Crippen MR) is 73.8 cm³/mol. The first-order valence-corrected chi connectivity index (χ1v) is 7.16. The summed E-state index contributed by atoms with van der Waals surface area (Å²) in [7, 11) is 0. The van der Waals surface area contributed by atoms with Gasteiger partial charge >= 0.3 is 0 Å². The van der Waals surface area contributed by atoms with Crippen molar-refractivity contribution in [2.75, 3.05) is 17.7 Å². The number of thioether (sulfide) groups is 1. The van der Waals surface area contributed by atoms with Gasteiger partial charge in [0.2, 0.25) is 0 Å². The summed E-state index contributed by atoms with van der Waals surface area (Å²) in [5.74, 6) is 1.78. The van der Waals surface area contributed by atoms with Crippen molar-refractivity contribution in [2.45, 2.75) is 11.3 Å². The molecule has 4 nitrogen and oxygen atoms in total. The minimum Gasteiger partial charge on any atom is -0.310 e. The predicted octanol–water partition coefficient (Wildman–Crippen LogP) is 2.94. The molecule has 6 heteroatoms. The molecular formula is C12H11ClN4S. The highest BCUT2D eigenvalue weighted by Gasteiger charge is 2.23. The minimum absolute atomic E-state index is 0.453. The molecule has 0 atom stereocenters. The summed E-state index contributed by atoms with van der Waals surface area (Å²) in [6.07, 6.45) is 6.41. The van der Waals surface area contributed by atoms with Gasteiger partial charge in [-0.1, -0.05) is 11.6 Å². The Morgan fingerprint density at radius 2 is 2.17 bits per heavy atom. The van der Waals surface area contributed by atoms with Crippen molar-refractivity contribution in [1.29, 1.82) is 0 Å². The number of hydrogen-bond acceptors (Lipinski definition) is 5. The zero-order valence-corrected chi connectivity index (χ0v) is 11.4. The Balaban J connectivity index is 2.00. The van der Waals surface area contributed by atoms with Crippen molar-refractivity contribution >= 4 is 35.0 Å². The molecule has 0 radical (unpaired) electrons. The van der Waals surface area contributed by atoms with E-state index in [4.69, 9.17) is 11.6 Å². The fourth-order valence-electron chi connectivity index (χ4n) is 2.05. The molecule has 3 rings (SSSR count). The van der Waals surface area contributed by atoms with Crippen LogP contribution < -0.4 is 4.90 Å². The SMILES string of the molecule is CSc1cnc2c(c1)CCN2c1cc(Cl)ncn1. The maximum atomic E-state index is 5.90. The molecule has 0 amide bonds. The average Bonchev–Trinajstić information content (AvgIpc) is 2.81. The molecule has 1 aliphatic rings. The summed E-state index contributed by atoms with van der Waals surface area (Å²) in [6.45, 7) is 0.882. The maximum Gasteiger partial charge on any atom is 0.139 e. The van der Waals surface area contributed by atoms with Crippen LogP contribution in [0.25, 0.3) is 0 Å². The van der Waals surface area contributed by atoms with Gasteiger partial charge in [-0.3, -0.25) is 0 Å². The number of anilines is 2. The first kappa shape index (κ1) is 11.7. The lowest BCUT2D eigenvalue weighted by molar-refractivity contribution is 0.956. The van der Waals surface area contributed by atoms with Gasteiger partial charge in [-0.15, -0.1) is 11.8 Å². The Labute approximate surface area is 114 Å². The summed E-state index contributed by atoms with van der Waals surface area (Å²) in [6, 6.07) is 3.95. The van der Waals surface area contributed by atoms with Crippen LogP contribution in [0, 0.1) is 0 Å². The Bertz CT molecular complexity index is 590. The highest BCUT2D eigenvalue weighted by Crippen LogP contribution is 2.33. The van der Waals surface area contributed by atoms with E-state index in [0.717, 1.165) is 24.6 Å². The van der Waals surface area contributed by atoms with E-state index in [9.17, 15) is 0 Å². The Morgan fingerprint density at radius 3 is 2.94 bits per heavy atom. The minimum atomic E-state index is 0.453. The van der Waals surface area contributed by atoms with E-state index < -0.39 is 0 Å². The van der Waals surface area contributed by atoms with Crippen molar-refractivity contribution in [3.63, 3.8) is 0 Å². The van der Waals surface area contributed by atoms with Crippen LogP contribution in [-0.4, -0.2) is 27.8 Å². The third-order valence-corrected chi connectivity index (χ3v) is 3.81. The van der Waals surface area contributed by atoms with E-state index in [-0.39, 0.29) is 0 Å². The molecule has 0 saturated carbocycles. The molecule has 2 aromatic rings. The number of pyridine rings is 1. The van der Waals surface area contributed by atoms with Gasteiger partial charge in [0, 0.05) is 23.7 Å². The molecule has 2 aromatic heterocycles. The number of fused-ring (bicyclic) bond motifs is 1. The molecule has 0 spiro atoms. The lowest BCUT2D eigenvalue weighted by Crippen LogP contribution is -2.15. The second-order valence-corrected chi connectivity index (χ2v) is 5.23. The standard InChI is InChI=1S/C12H11ClN4S/c1-18-9-4-8-2-3-17(12(8)14-6-9)11-5-10(13)15-7-16-11/h4-7H,2-3H2,1H3. The molecule has 3 heterocycles. The normalized spacial score (nSPS) is 13.8. The van der Waals surface area contributed by atoms with Gasteiger partial charge in [0.15, 0.2) is 0 Å². The third kappa shape index (κ3) is 2.04. The van der Waals surface area contributed by atoms with Crippen molar-refractivity contribution in [1.82, 2.24) is 15.0 Å². The van der Waals surface area contributed by atoms with E-state index in [2.05, 4.69) is 32.2 Å². The van der Waals surface area contributed by atoms with Gasteiger partial charge in [-0.2, -0.15) is 0 Å². The van der Waals surface area contributed by atoms with Gasteiger partial charge < -0.3 is 4.90 Å². The monoisotopic (exact) mass is 278 g/mol. The van der Waals surface area contributed by atoms with Gasteiger partial charge in [0.25, 0.3) is 0 Å². The van der Waals surface area contributed by atoms with Crippen molar-refractivity contribution in [2.24, 2.45) is 0 Å². The van der Waals surface area contributed by atoms with E-state index in [0.29, 0.717) is 5.15 Å². The van der Waals surface area contributed by atoms with Crippen LogP contribution in [0.1, 0.15) is 5.56 Å². The van der Waals surface area contributed by atoms with E-state index in [1.165, 1.54) is 16.8 Å². The summed E-state index contributed by atoms with van der Waals surface area (Å²) >= 11 is 7.60. The van der Waals surface area contributed by atoms with Crippen LogP contribution in [0.3, 0.4) is 0 Å². The molecule has 0 aromatic carbocycles. The molecular weight excluding hydrogens is 268 g/mol. The molecule has 0 fully saturated rings. The zero-order valence-electron chi connectivity index (χ0n) is 9.80. The van der Waals surface area contributed by atoms with Gasteiger partial charge in [-0.05, 0) is 24.3 Å².